The molecule has 1 aliphatic rings. The van der Waals surface area contributed by atoms with Gasteiger partial charge in [-0.2, -0.15) is 5.26 Å². The van der Waals surface area contributed by atoms with Gasteiger partial charge in [0.25, 0.3) is 0 Å². The molecule has 1 saturated heterocycles. The van der Waals surface area contributed by atoms with Crippen molar-refractivity contribution in [2.24, 2.45) is 5.92 Å². The van der Waals surface area contributed by atoms with Crippen LogP contribution < -0.4 is 10.2 Å². The molecule has 5 nitrogen and oxygen atoms in total. The van der Waals surface area contributed by atoms with Crippen molar-refractivity contribution in [3.05, 3.63) is 94.5 Å². The van der Waals surface area contributed by atoms with Crippen molar-refractivity contribution in [1.29, 1.82) is 5.26 Å². The highest BCUT2D eigenvalue weighted by atomic mass is 35.5. The molecule has 4 rings (SSSR count). The fraction of sp³-hybridized carbons (Fsp3) is 0.333. The van der Waals surface area contributed by atoms with Crippen LogP contribution in [0.4, 0.5) is 11.4 Å². The second kappa shape index (κ2) is 12.1. The topological polar surface area (TPSA) is 59.4 Å². The zero-order valence-electron chi connectivity index (χ0n) is 21.0. The largest absolute Gasteiger partial charge is 0.368 e. The lowest BCUT2D eigenvalue weighted by Crippen LogP contribution is -2.48. The molecule has 0 saturated carbocycles. The molecule has 1 unspecified atom stereocenters. The number of nitrogens with one attached hydrogen (secondary N) is 1. The monoisotopic (exact) mass is 500 g/mol. The highest BCUT2D eigenvalue weighted by Gasteiger charge is 2.27. The third-order valence-electron chi connectivity index (χ3n) is 7.06. The Hall–Kier alpha value is -3.33. The highest BCUT2D eigenvalue weighted by Crippen LogP contribution is 2.32. The van der Waals surface area contributed by atoms with Crippen LogP contribution >= 0.6 is 11.6 Å². The lowest BCUT2D eigenvalue weighted by atomic mass is 9.96. The quantitative estimate of drug-likeness (QED) is 0.383. The van der Waals surface area contributed by atoms with Crippen molar-refractivity contribution in [3.8, 4) is 6.07 Å². The minimum Gasteiger partial charge on any atom is -0.368 e. The predicted molar refractivity (Wildman–Crippen MR) is 147 cm³/mol. The number of halogens is 1. The number of hydrogen-bond donors (Lipinski definition) is 1. The fourth-order valence-corrected chi connectivity index (χ4v) is 5.12. The van der Waals surface area contributed by atoms with E-state index in [-0.39, 0.29) is 17.9 Å². The van der Waals surface area contributed by atoms with E-state index in [4.69, 9.17) is 11.6 Å². The molecule has 0 bridgehead atoms. The number of amides is 1. The third-order valence-corrected chi connectivity index (χ3v) is 7.31. The maximum Gasteiger partial charge on any atom is 0.227 e. The van der Waals surface area contributed by atoms with E-state index in [1.165, 1.54) is 11.1 Å². The summed E-state index contributed by atoms with van der Waals surface area (Å²) in [5, 5.41) is 13.6. The van der Waals surface area contributed by atoms with Gasteiger partial charge in [0.05, 0.1) is 17.3 Å². The SMILES string of the molecule is CCC(CC)C(=O)Nc1ccc(N2CCN(C(c3ccccc3)c3ccc(Cl)cc3)CC2)c(C#N)c1. The first-order valence-corrected chi connectivity index (χ1v) is 13.1. The van der Waals surface area contributed by atoms with Gasteiger partial charge in [0.1, 0.15) is 6.07 Å². The molecule has 1 N–H and O–H groups in total. The molecule has 186 valence electrons. The number of anilines is 2. The minimum absolute atomic E-state index is 0.0125. The first kappa shape index (κ1) is 25.8. The summed E-state index contributed by atoms with van der Waals surface area (Å²) in [6.45, 7) is 7.38. The van der Waals surface area contributed by atoms with Crippen LogP contribution in [0.25, 0.3) is 0 Å². The van der Waals surface area contributed by atoms with Gasteiger partial charge in [0.15, 0.2) is 0 Å². The van der Waals surface area contributed by atoms with Gasteiger partial charge in [-0.05, 0) is 54.3 Å². The first-order valence-electron chi connectivity index (χ1n) is 12.7. The van der Waals surface area contributed by atoms with Crippen LogP contribution in [-0.2, 0) is 4.79 Å². The predicted octanol–water partition coefficient (Wildman–Crippen LogP) is 6.50. The number of nitriles is 1. The van der Waals surface area contributed by atoms with Crippen LogP contribution in [0, 0.1) is 17.2 Å². The summed E-state index contributed by atoms with van der Waals surface area (Å²) >= 11 is 6.16. The van der Waals surface area contributed by atoms with Crippen molar-refractivity contribution < 1.29 is 4.79 Å². The molecule has 1 fully saturated rings. The Kier molecular flexibility index (Phi) is 8.64. The van der Waals surface area contributed by atoms with Crippen molar-refractivity contribution >= 4 is 28.9 Å². The summed E-state index contributed by atoms with van der Waals surface area (Å²) in [5.41, 5.74) is 4.65. The van der Waals surface area contributed by atoms with Gasteiger partial charge in [-0.1, -0.05) is 67.9 Å². The van der Waals surface area contributed by atoms with Crippen LogP contribution in [0.3, 0.4) is 0 Å². The Labute approximate surface area is 219 Å². The lowest BCUT2D eigenvalue weighted by molar-refractivity contribution is -0.120. The Morgan fingerprint density at radius 1 is 0.944 bits per heavy atom. The van der Waals surface area contributed by atoms with Gasteiger partial charge in [-0.25, -0.2) is 0 Å². The van der Waals surface area contributed by atoms with Crippen LogP contribution in [-0.4, -0.2) is 37.0 Å². The van der Waals surface area contributed by atoms with E-state index in [1.807, 2.05) is 44.2 Å². The maximum atomic E-state index is 12.5. The summed E-state index contributed by atoms with van der Waals surface area (Å²) in [7, 11) is 0. The zero-order valence-corrected chi connectivity index (χ0v) is 21.7. The number of carbonyl (C=O) groups is 1. The van der Waals surface area contributed by atoms with Crippen molar-refractivity contribution in [1.82, 2.24) is 4.90 Å². The van der Waals surface area contributed by atoms with Gasteiger partial charge in [-0.15, -0.1) is 0 Å². The highest BCUT2D eigenvalue weighted by molar-refractivity contribution is 6.30. The van der Waals surface area contributed by atoms with Crippen LogP contribution in [0.2, 0.25) is 5.02 Å². The molecule has 3 aromatic rings. The van der Waals surface area contributed by atoms with E-state index >= 15 is 0 Å². The summed E-state index contributed by atoms with van der Waals surface area (Å²) in [6.07, 6.45) is 1.60. The van der Waals surface area contributed by atoms with E-state index in [0.717, 1.165) is 49.7 Å². The van der Waals surface area contributed by atoms with Gasteiger partial charge in [-0.3, -0.25) is 9.69 Å². The molecule has 36 heavy (non-hydrogen) atoms. The zero-order chi connectivity index (χ0) is 25.5. The minimum atomic E-state index is -0.0125. The molecule has 6 heteroatoms. The summed E-state index contributed by atoms with van der Waals surface area (Å²) in [4.78, 5) is 17.3. The average Bonchev–Trinajstić information content (AvgIpc) is 2.91. The van der Waals surface area contributed by atoms with Gasteiger partial charge >= 0.3 is 0 Å². The van der Waals surface area contributed by atoms with E-state index in [1.54, 1.807) is 6.07 Å². The summed E-state index contributed by atoms with van der Waals surface area (Å²) in [6, 6.07) is 26.8. The molecule has 1 aliphatic heterocycles. The number of rotatable bonds is 8. The molecular formula is C30H33ClN4O. The summed E-state index contributed by atoms with van der Waals surface area (Å²) < 4.78 is 0. The fourth-order valence-electron chi connectivity index (χ4n) is 5.00. The number of carbonyl (C=O) groups excluding carboxylic acids is 1. The van der Waals surface area contributed by atoms with Gasteiger partial charge in [0, 0.05) is 42.8 Å². The maximum absolute atomic E-state index is 12.5. The smallest absolute Gasteiger partial charge is 0.227 e. The van der Waals surface area contributed by atoms with E-state index < -0.39 is 0 Å². The number of benzene rings is 3. The van der Waals surface area contributed by atoms with Gasteiger partial charge in [0.2, 0.25) is 5.91 Å². The first-order chi connectivity index (χ1) is 17.5. The molecule has 0 spiro atoms. The molecule has 0 radical (unpaired) electrons. The number of piperazine rings is 1. The molecule has 1 amide bonds. The molecule has 0 aliphatic carbocycles. The Morgan fingerprint density at radius 3 is 2.19 bits per heavy atom. The van der Waals surface area contributed by atoms with Crippen LogP contribution in [0.15, 0.2) is 72.8 Å². The Bertz CT molecular complexity index is 1190. The van der Waals surface area contributed by atoms with E-state index in [9.17, 15) is 10.1 Å². The number of nitrogens with zero attached hydrogens (tertiary/aromatic N) is 3. The standard InChI is InChI=1S/C30H33ClN4O/c1-3-22(4-2)30(36)33-27-14-15-28(25(20-27)21-32)34-16-18-35(19-17-34)29(23-8-6-5-7-9-23)24-10-12-26(31)13-11-24/h5-15,20,22,29H,3-4,16-19H2,1-2H3,(H,33,36). The summed E-state index contributed by atoms with van der Waals surface area (Å²) in [5.74, 6) is 0.000831. The molecular weight excluding hydrogens is 468 g/mol. The normalized spacial score (nSPS) is 14.9. The second-order valence-corrected chi connectivity index (χ2v) is 9.67. The third kappa shape index (κ3) is 5.90. The molecule has 1 atom stereocenters. The lowest BCUT2D eigenvalue weighted by Gasteiger charge is -2.41. The Morgan fingerprint density at radius 2 is 1.58 bits per heavy atom. The van der Waals surface area contributed by atoms with E-state index in [0.29, 0.717) is 11.3 Å². The van der Waals surface area contributed by atoms with Crippen molar-refractivity contribution in [2.75, 3.05) is 36.4 Å². The number of hydrogen-bond acceptors (Lipinski definition) is 4. The second-order valence-electron chi connectivity index (χ2n) is 9.23. The molecule has 1 heterocycles. The van der Waals surface area contributed by atoms with Crippen molar-refractivity contribution in [2.45, 2.75) is 32.7 Å². The van der Waals surface area contributed by atoms with Crippen LogP contribution in [0.1, 0.15) is 49.4 Å². The van der Waals surface area contributed by atoms with Gasteiger partial charge < -0.3 is 10.2 Å². The average molecular weight is 501 g/mol. The Balaban J connectivity index is 1.49. The molecule has 0 aromatic heterocycles. The van der Waals surface area contributed by atoms with Crippen LogP contribution in [0.5, 0.6) is 0 Å². The van der Waals surface area contributed by atoms with E-state index in [2.05, 4.69) is 57.6 Å². The van der Waals surface area contributed by atoms with Crippen molar-refractivity contribution in [3.63, 3.8) is 0 Å². The molecule has 3 aromatic carbocycles.